The van der Waals surface area contributed by atoms with E-state index in [1.165, 1.54) is 9.70 Å². The average molecular weight is 541 g/mol. The number of nitrogens with zero attached hydrogens (tertiary/aromatic N) is 5. The zero-order chi connectivity index (χ0) is 26.7. The van der Waals surface area contributed by atoms with Crippen LogP contribution in [0.25, 0.3) is 11.6 Å². The van der Waals surface area contributed by atoms with Crippen molar-refractivity contribution in [2.75, 3.05) is 4.90 Å². The van der Waals surface area contributed by atoms with Crippen LogP contribution in [0, 0.1) is 6.92 Å². The van der Waals surface area contributed by atoms with Gasteiger partial charge in [-0.05, 0) is 87.0 Å². The van der Waals surface area contributed by atoms with Gasteiger partial charge in [0, 0.05) is 21.3 Å². The molecule has 192 valence electrons. The molecular weight excluding hydrogens is 515 g/mol. The van der Waals surface area contributed by atoms with Crippen molar-refractivity contribution in [3.8, 4) is 11.6 Å². The zero-order valence-electron chi connectivity index (χ0n) is 20.8. The molecular formula is C26H26Cl2N6O3. The van der Waals surface area contributed by atoms with Crippen LogP contribution < -0.4 is 10.2 Å². The van der Waals surface area contributed by atoms with Crippen LogP contribution in [0.4, 0.5) is 5.69 Å². The summed E-state index contributed by atoms with van der Waals surface area (Å²) >= 11 is 12.2. The average Bonchev–Trinajstić information content (AvgIpc) is 3.46. The predicted octanol–water partition coefficient (Wildman–Crippen LogP) is 5.24. The van der Waals surface area contributed by atoms with Crippen LogP contribution in [0.2, 0.25) is 10.0 Å². The van der Waals surface area contributed by atoms with Gasteiger partial charge in [-0.15, -0.1) is 10.2 Å². The van der Waals surface area contributed by atoms with Crippen molar-refractivity contribution < 1.29 is 14.0 Å². The topological polar surface area (TPSA) is 106 Å². The van der Waals surface area contributed by atoms with Crippen molar-refractivity contribution in [2.45, 2.75) is 45.8 Å². The normalized spacial score (nSPS) is 12.3. The molecule has 37 heavy (non-hydrogen) atoms. The van der Waals surface area contributed by atoms with E-state index in [0.717, 1.165) is 0 Å². The van der Waals surface area contributed by atoms with Crippen LogP contribution in [0.3, 0.4) is 0 Å². The molecule has 0 radical (unpaired) electrons. The summed E-state index contributed by atoms with van der Waals surface area (Å²) in [7, 11) is 0. The van der Waals surface area contributed by atoms with Gasteiger partial charge >= 0.3 is 0 Å². The first kappa shape index (κ1) is 26.4. The summed E-state index contributed by atoms with van der Waals surface area (Å²) in [5.41, 5.74) is 0.508. The molecule has 0 aliphatic carbocycles. The lowest BCUT2D eigenvalue weighted by atomic mass is 10.0. The second-order valence-electron chi connectivity index (χ2n) is 9.49. The molecule has 4 aromatic rings. The number of nitrogens with one attached hydrogen (secondary N) is 1. The predicted molar refractivity (Wildman–Crippen MR) is 141 cm³/mol. The maximum Gasteiger partial charge on any atom is 0.251 e. The third kappa shape index (κ3) is 6.55. The van der Waals surface area contributed by atoms with E-state index >= 15 is 0 Å². The maximum atomic E-state index is 13.8. The molecule has 0 spiro atoms. The van der Waals surface area contributed by atoms with E-state index in [-0.39, 0.29) is 18.3 Å². The fraction of sp³-hybridized carbons (Fsp3) is 0.269. The standard InChI is InChI=1S/C26H26Cl2N6O3/c1-16-5-14-21(37-16)24-30-32-33(31-24)15-22(35)34(20-12-10-19(28)11-13-20)23(25(36)29-26(2,3)4)17-6-8-18(27)9-7-17/h5-14,23H,15H2,1-4H3,(H,29,36)/t23-/m0/s1. The van der Waals surface area contributed by atoms with Gasteiger partial charge in [0.15, 0.2) is 5.76 Å². The van der Waals surface area contributed by atoms with Gasteiger partial charge in [-0.3, -0.25) is 14.5 Å². The lowest BCUT2D eigenvalue weighted by Crippen LogP contribution is -2.50. The van der Waals surface area contributed by atoms with Crippen LogP contribution in [-0.4, -0.2) is 37.6 Å². The molecule has 11 heteroatoms. The van der Waals surface area contributed by atoms with Crippen molar-refractivity contribution in [1.82, 2.24) is 25.5 Å². The zero-order valence-corrected chi connectivity index (χ0v) is 22.3. The number of carbonyl (C=O) groups is 2. The molecule has 1 atom stereocenters. The van der Waals surface area contributed by atoms with Crippen LogP contribution in [-0.2, 0) is 16.1 Å². The summed E-state index contributed by atoms with van der Waals surface area (Å²) in [4.78, 5) is 30.1. The molecule has 9 nitrogen and oxygen atoms in total. The Labute approximate surface area is 224 Å². The lowest BCUT2D eigenvalue weighted by Gasteiger charge is -2.33. The van der Waals surface area contributed by atoms with Crippen molar-refractivity contribution >= 4 is 40.7 Å². The fourth-order valence-electron chi connectivity index (χ4n) is 3.70. The first-order valence-electron chi connectivity index (χ1n) is 11.5. The number of hydrogen-bond donors (Lipinski definition) is 1. The first-order chi connectivity index (χ1) is 17.5. The van der Waals surface area contributed by atoms with Crippen molar-refractivity contribution in [3.05, 3.63) is 82.0 Å². The van der Waals surface area contributed by atoms with Crippen LogP contribution in [0.5, 0.6) is 0 Å². The van der Waals surface area contributed by atoms with Crippen molar-refractivity contribution in [3.63, 3.8) is 0 Å². The van der Waals surface area contributed by atoms with Crippen LogP contribution in [0.15, 0.2) is 65.1 Å². The Balaban J connectivity index is 1.74. The van der Waals surface area contributed by atoms with Gasteiger partial charge < -0.3 is 9.73 Å². The Bertz CT molecular complexity index is 1390. The quantitative estimate of drug-likeness (QED) is 0.343. The van der Waals surface area contributed by atoms with E-state index in [1.807, 2.05) is 20.8 Å². The van der Waals surface area contributed by atoms with Gasteiger partial charge in [0.2, 0.25) is 11.7 Å². The summed E-state index contributed by atoms with van der Waals surface area (Å²) in [5.74, 6) is 0.586. The highest BCUT2D eigenvalue weighted by molar-refractivity contribution is 6.31. The van der Waals surface area contributed by atoms with E-state index in [2.05, 4.69) is 20.7 Å². The number of tetrazole rings is 1. The second-order valence-corrected chi connectivity index (χ2v) is 10.4. The van der Waals surface area contributed by atoms with Crippen molar-refractivity contribution in [1.29, 1.82) is 0 Å². The molecule has 0 unspecified atom stereocenters. The largest absolute Gasteiger partial charge is 0.458 e. The van der Waals surface area contributed by atoms with Gasteiger partial charge in [-0.1, -0.05) is 35.3 Å². The minimum absolute atomic E-state index is 0.249. The molecule has 0 saturated carbocycles. The summed E-state index contributed by atoms with van der Waals surface area (Å²) in [6.07, 6.45) is 0. The third-order valence-corrected chi connectivity index (χ3v) is 5.76. The molecule has 4 rings (SSSR count). The number of halogens is 2. The van der Waals surface area contributed by atoms with Crippen molar-refractivity contribution in [2.24, 2.45) is 0 Å². The number of rotatable bonds is 7. The number of aromatic nitrogens is 4. The Hall–Kier alpha value is -3.69. The SMILES string of the molecule is Cc1ccc(-c2nnn(CC(=O)N(c3ccc(Cl)cc3)[C@H](C(=O)NC(C)(C)C)c3ccc(Cl)cc3)n2)o1. The molecule has 1 N–H and O–H groups in total. The monoisotopic (exact) mass is 540 g/mol. The smallest absolute Gasteiger partial charge is 0.251 e. The molecule has 0 aliphatic heterocycles. The van der Waals surface area contributed by atoms with Gasteiger partial charge in [0.25, 0.3) is 5.91 Å². The Morgan fingerprint density at radius 1 is 1.00 bits per heavy atom. The fourth-order valence-corrected chi connectivity index (χ4v) is 3.95. The Morgan fingerprint density at radius 3 is 2.19 bits per heavy atom. The Kier molecular flexibility index (Phi) is 7.65. The van der Waals surface area contributed by atoms with Crippen LogP contribution in [0.1, 0.15) is 38.1 Å². The summed E-state index contributed by atoms with van der Waals surface area (Å²) < 4.78 is 5.55. The first-order valence-corrected chi connectivity index (χ1v) is 12.3. The molecule has 0 bridgehead atoms. The summed E-state index contributed by atoms with van der Waals surface area (Å²) in [6.45, 7) is 7.14. The maximum absolute atomic E-state index is 13.8. The molecule has 2 amide bonds. The second kappa shape index (κ2) is 10.7. The molecule has 0 saturated heterocycles. The highest BCUT2D eigenvalue weighted by atomic mass is 35.5. The van der Waals surface area contributed by atoms with E-state index < -0.39 is 17.5 Å². The van der Waals surface area contributed by atoms with E-state index in [9.17, 15) is 9.59 Å². The Morgan fingerprint density at radius 2 is 1.62 bits per heavy atom. The number of carbonyl (C=O) groups excluding carboxylic acids is 2. The van der Waals surface area contributed by atoms with Gasteiger partial charge in [-0.25, -0.2) is 0 Å². The third-order valence-electron chi connectivity index (χ3n) is 5.25. The van der Waals surface area contributed by atoms with Crippen LogP contribution >= 0.6 is 23.2 Å². The minimum atomic E-state index is -1.01. The summed E-state index contributed by atoms with van der Waals surface area (Å²) in [5, 5.41) is 16.3. The number of amides is 2. The molecule has 0 fully saturated rings. The lowest BCUT2D eigenvalue weighted by molar-refractivity contribution is -0.128. The number of hydrogen-bond acceptors (Lipinski definition) is 6. The summed E-state index contributed by atoms with van der Waals surface area (Å²) in [6, 6.07) is 16.0. The molecule has 0 aliphatic rings. The van der Waals surface area contributed by atoms with E-state index in [0.29, 0.717) is 32.8 Å². The van der Waals surface area contributed by atoms with Gasteiger partial charge in [-0.2, -0.15) is 4.80 Å². The number of benzene rings is 2. The molecule has 2 aromatic heterocycles. The van der Waals surface area contributed by atoms with Gasteiger partial charge in [0.1, 0.15) is 18.3 Å². The highest BCUT2D eigenvalue weighted by Gasteiger charge is 2.35. The molecule has 2 aromatic carbocycles. The minimum Gasteiger partial charge on any atom is -0.458 e. The number of aryl methyl sites for hydroxylation is 1. The number of anilines is 1. The highest BCUT2D eigenvalue weighted by Crippen LogP contribution is 2.31. The van der Waals surface area contributed by atoms with E-state index in [4.69, 9.17) is 27.6 Å². The van der Waals surface area contributed by atoms with E-state index in [1.54, 1.807) is 67.6 Å². The number of furan rings is 1. The van der Waals surface area contributed by atoms with Gasteiger partial charge in [0.05, 0.1) is 0 Å². The molecule has 2 heterocycles.